The number of carbonyl (C=O) groups is 1. The van der Waals surface area contributed by atoms with Crippen molar-refractivity contribution in [1.29, 1.82) is 0 Å². The third-order valence-electron chi connectivity index (χ3n) is 5.47. The molecular weight excluding hydrogens is 407 g/mol. The summed E-state index contributed by atoms with van der Waals surface area (Å²) in [5.41, 5.74) is 1.41. The SMILES string of the molecule is Cc1c(C(=O)Nc2ccc(S(=O)(=O)N3CCC[C@@H](C)C3)cc2)oc2ccc(F)cc12. The van der Waals surface area contributed by atoms with Gasteiger partial charge in [0.05, 0.1) is 4.90 Å². The van der Waals surface area contributed by atoms with Gasteiger partial charge in [-0.25, -0.2) is 12.8 Å². The lowest BCUT2D eigenvalue weighted by Gasteiger charge is -2.30. The van der Waals surface area contributed by atoms with Crippen molar-refractivity contribution in [2.45, 2.75) is 31.6 Å². The predicted molar refractivity (Wildman–Crippen MR) is 112 cm³/mol. The number of benzene rings is 2. The van der Waals surface area contributed by atoms with E-state index in [4.69, 9.17) is 4.42 Å². The third-order valence-corrected chi connectivity index (χ3v) is 7.35. The molecule has 2 heterocycles. The van der Waals surface area contributed by atoms with Gasteiger partial charge in [-0.2, -0.15) is 4.31 Å². The number of rotatable bonds is 4. The van der Waals surface area contributed by atoms with Crippen LogP contribution in [0.3, 0.4) is 0 Å². The third kappa shape index (κ3) is 3.85. The molecule has 1 aliphatic heterocycles. The number of nitrogens with zero attached hydrogens (tertiary/aromatic N) is 1. The Balaban J connectivity index is 1.52. The highest BCUT2D eigenvalue weighted by Gasteiger charge is 2.28. The lowest BCUT2D eigenvalue weighted by atomic mass is 10.0. The number of hydrogen-bond donors (Lipinski definition) is 1. The molecule has 8 heteroatoms. The summed E-state index contributed by atoms with van der Waals surface area (Å²) in [4.78, 5) is 12.8. The standard InChI is InChI=1S/C22H23FN2O4S/c1-14-4-3-11-25(13-14)30(27,28)18-8-6-17(7-9-18)24-22(26)21-15(2)19-12-16(23)5-10-20(19)29-21/h5-10,12,14H,3-4,11,13H2,1-2H3,(H,24,26)/t14-/m1/s1. The molecule has 0 aliphatic carbocycles. The van der Waals surface area contributed by atoms with Gasteiger partial charge in [-0.1, -0.05) is 6.92 Å². The molecule has 1 aliphatic rings. The fourth-order valence-electron chi connectivity index (χ4n) is 3.82. The van der Waals surface area contributed by atoms with E-state index in [1.54, 1.807) is 19.1 Å². The van der Waals surface area contributed by atoms with Crippen molar-refractivity contribution in [2.24, 2.45) is 5.92 Å². The van der Waals surface area contributed by atoms with Crippen molar-refractivity contribution >= 4 is 32.6 Å². The molecule has 3 aromatic rings. The van der Waals surface area contributed by atoms with Crippen molar-refractivity contribution in [3.63, 3.8) is 0 Å². The minimum absolute atomic E-state index is 0.0922. The van der Waals surface area contributed by atoms with E-state index in [2.05, 4.69) is 12.2 Å². The Hall–Kier alpha value is -2.71. The molecule has 0 unspecified atom stereocenters. The van der Waals surface area contributed by atoms with Gasteiger partial charge in [0.1, 0.15) is 11.4 Å². The first-order valence-electron chi connectivity index (χ1n) is 9.86. The molecule has 1 fully saturated rings. The van der Waals surface area contributed by atoms with Crippen LogP contribution in [0.15, 0.2) is 51.8 Å². The fraction of sp³-hybridized carbons (Fsp3) is 0.318. The number of furan rings is 1. The Morgan fingerprint density at radius 3 is 2.63 bits per heavy atom. The van der Waals surface area contributed by atoms with Crippen molar-refractivity contribution in [1.82, 2.24) is 4.31 Å². The molecule has 1 amide bonds. The number of carbonyl (C=O) groups excluding carboxylic acids is 1. The predicted octanol–water partition coefficient (Wildman–Crippen LogP) is 4.55. The van der Waals surface area contributed by atoms with Crippen molar-refractivity contribution < 1.29 is 22.0 Å². The van der Waals surface area contributed by atoms with Crippen LogP contribution in [0.5, 0.6) is 0 Å². The maximum atomic E-state index is 13.5. The van der Waals surface area contributed by atoms with Crippen LogP contribution in [0.25, 0.3) is 11.0 Å². The first-order chi connectivity index (χ1) is 14.3. The van der Waals surface area contributed by atoms with Crippen molar-refractivity contribution in [2.75, 3.05) is 18.4 Å². The van der Waals surface area contributed by atoms with E-state index in [9.17, 15) is 17.6 Å². The van der Waals surface area contributed by atoms with Gasteiger partial charge in [-0.05, 0) is 68.1 Å². The van der Waals surface area contributed by atoms with Crippen LogP contribution in [0.2, 0.25) is 0 Å². The molecular formula is C22H23FN2O4S. The number of nitrogens with one attached hydrogen (secondary N) is 1. The maximum absolute atomic E-state index is 13.5. The van der Waals surface area contributed by atoms with E-state index in [0.29, 0.717) is 41.2 Å². The van der Waals surface area contributed by atoms with Crippen molar-refractivity contribution in [3.8, 4) is 0 Å². The Labute approximate surface area is 174 Å². The van der Waals surface area contributed by atoms with Gasteiger partial charge in [0.25, 0.3) is 5.91 Å². The second kappa shape index (κ2) is 7.85. The number of hydrogen-bond acceptors (Lipinski definition) is 4. The first-order valence-corrected chi connectivity index (χ1v) is 11.3. The van der Waals surface area contributed by atoms with Gasteiger partial charge in [-0.15, -0.1) is 0 Å². The Morgan fingerprint density at radius 1 is 1.20 bits per heavy atom. The highest BCUT2D eigenvalue weighted by Crippen LogP contribution is 2.28. The van der Waals surface area contributed by atoms with Crippen LogP contribution in [0.4, 0.5) is 10.1 Å². The highest BCUT2D eigenvalue weighted by atomic mass is 32.2. The monoisotopic (exact) mass is 430 g/mol. The van der Waals surface area contributed by atoms with Crippen molar-refractivity contribution in [3.05, 3.63) is 59.6 Å². The first kappa shape index (κ1) is 20.6. The molecule has 6 nitrogen and oxygen atoms in total. The number of fused-ring (bicyclic) bond motifs is 1. The molecule has 0 radical (unpaired) electrons. The molecule has 1 atom stereocenters. The van der Waals surface area contributed by atoms with Crippen LogP contribution in [0, 0.1) is 18.7 Å². The number of sulfonamides is 1. The van der Waals surface area contributed by atoms with Crippen LogP contribution in [-0.4, -0.2) is 31.7 Å². The topological polar surface area (TPSA) is 79.6 Å². The largest absolute Gasteiger partial charge is 0.451 e. The average molecular weight is 431 g/mol. The Kier molecular flexibility index (Phi) is 5.38. The van der Waals surface area contributed by atoms with Gasteiger partial charge >= 0.3 is 0 Å². The molecule has 1 saturated heterocycles. The second-order valence-corrected chi connectivity index (χ2v) is 9.72. The number of piperidine rings is 1. The van der Waals surface area contributed by atoms with E-state index < -0.39 is 21.7 Å². The number of anilines is 1. The molecule has 4 rings (SSSR count). The summed E-state index contributed by atoms with van der Waals surface area (Å²) in [7, 11) is -3.55. The van der Waals surface area contributed by atoms with Gasteiger partial charge < -0.3 is 9.73 Å². The van der Waals surface area contributed by atoms with E-state index >= 15 is 0 Å². The summed E-state index contributed by atoms with van der Waals surface area (Å²) >= 11 is 0. The summed E-state index contributed by atoms with van der Waals surface area (Å²) in [6, 6.07) is 10.2. The summed E-state index contributed by atoms with van der Waals surface area (Å²) in [6.07, 6.45) is 1.89. The molecule has 2 aromatic carbocycles. The Morgan fingerprint density at radius 2 is 1.93 bits per heavy atom. The molecule has 158 valence electrons. The van der Waals surface area contributed by atoms with E-state index in [1.807, 2.05) is 0 Å². The number of halogens is 1. The lowest BCUT2D eigenvalue weighted by Crippen LogP contribution is -2.39. The molecule has 0 saturated carbocycles. The zero-order valence-corrected chi connectivity index (χ0v) is 17.6. The van der Waals surface area contributed by atoms with Crippen LogP contribution >= 0.6 is 0 Å². The smallest absolute Gasteiger partial charge is 0.291 e. The van der Waals surface area contributed by atoms with Gasteiger partial charge in [0.15, 0.2) is 5.76 Å². The summed E-state index contributed by atoms with van der Waals surface area (Å²) in [5, 5.41) is 3.24. The van der Waals surface area contributed by atoms with E-state index in [1.165, 1.54) is 34.6 Å². The van der Waals surface area contributed by atoms with E-state index in [-0.39, 0.29) is 10.7 Å². The minimum Gasteiger partial charge on any atom is -0.451 e. The summed E-state index contributed by atoms with van der Waals surface area (Å²) in [5.74, 6) is -0.454. The van der Waals surface area contributed by atoms with Gasteiger partial charge in [0.2, 0.25) is 10.0 Å². The molecule has 30 heavy (non-hydrogen) atoms. The Bertz CT molecular complexity index is 1200. The number of amides is 1. The zero-order chi connectivity index (χ0) is 21.5. The second-order valence-electron chi connectivity index (χ2n) is 7.79. The normalized spacial score (nSPS) is 17.9. The molecule has 1 N–H and O–H groups in total. The van der Waals surface area contributed by atoms with Gasteiger partial charge in [-0.3, -0.25) is 4.79 Å². The highest BCUT2D eigenvalue weighted by molar-refractivity contribution is 7.89. The summed E-state index contributed by atoms with van der Waals surface area (Å²) in [6.45, 7) is 4.79. The molecule has 1 aromatic heterocycles. The molecule has 0 spiro atoms. The quantitative estimate of drug-likeness (QED) is 0.658. The summed E-state index contributed by atoms with van der Waals surface area (Å²) < 4.78 is 46.3. The maximum Gasteiger partial charge on any atom is 0.291 e. The van der Waals surface area contributed by atoms with Crippen LogP contribution in [-0.2, 0) is 10.0 Å². The number of aryl methyl sites for hydroxylation is 1. The molecule has 0 bridgehead atoms. The van der Waals surface area contributed by atoms with E-state index in [0.717, 1.165) is 12.8 Å². The zero-order valence-electron chi connectivity index (χ0n) is 16.8. The minimum atomic E-state index is -3.55. The van der Waals surface area contributed by atoms with Crippen LogP contribution < -0.4 is 5.32 Å². The lowest BCUT2D eigenvalue weighted by molar-refractivity contribution is 0.0998. The van der Waals surface area contributed by atoms with Gasteiger partial charge in [0, 0.05) is 29.7 Å². The fourth-order valence-corrected chi connectivity index (χ4v) is 5.42. The van der Waals surface area contributed by atoms with Crippen LogP contribution in [0.1, 0.15) is 35.9 Å². The average Bonchev–Trinajstić information content (AvgIpc) is 3.04.